The van der Waals surface area contributed by atoms with E-state index in [9.17, 15) is 33.6 Å². The molecule has 2 saturated heterocycles. The van der Waals surface area contributed by atoms with Gasteiger partial charge in [0.1, 0.15) is 6.10 Å². The Kier molecular flexibility index (Phi) is 35.2. The zero-order valence-electron chi connectivity index (χ0n) is 41.8. The first kappa shape index (κ1) is 59.8. The average molecular weight is 968 g/mol. The highest BCUT2D eigenvalue weighted by Crippen LogP contribution is 2.31. The Hall–Kier alpha value is -3.36. The van der Waals surface area contributed by atoms with E-state index in [1.165, 1.54) is 49.8 Å². The van der Waals surface area contributed by atoms with Gasteiger partial charge in [0.15, 0.2) is 5.12 Å². The number of nitrogens with zero attached hydrogens (tertiary/aromatic N) is 1. The lowest BCUT2D eigenvalue weighted by Crippen LogP contribution is -2.32. The van der Waals surface area contributed by atoms with Gasteiger partial charge in [0.25, 0.3) is 0 Å². The third kappa shape index (κ3) is 31.4. The van der Waals surface area contributed by atoms with Crippen molar-refractivity contribution in [3.05, 3.63) is 0 Å². The summed E-state index contributed by atoms with van der Waals surface area (Å²) < 4.78 is 33.4. The van der Waals surface area contributed by atoms with Crippen molar-refractivity contribution in [2.45, 2.75) is 231 Å². The predicted octanol–water partition coefficient (Wildman–Crippen LogP) is 11.6. The first-order valence-electron chi connectivity index (χ1n) is 26.5. The van der Waals surface area contributed by atoms with Crippen molar-refractivity contribution >= 4 is 52.8 Å². The summed E-state index contributed by atoms with van der Waals surface area (Å²) in [7, 11) is 0. The molecule has 2 aliphatic rings. The molecule has 0 spiro atoms. The fourth-order valence-electron chi connectivity index (χ4n) is 8.51. The van der Waals surface area contributed by atoms with Crippen LogP contribution in [0.15, 0.2) is 0 Å². The van der Waals surface area contributed by atoms with Gasteiger partial charge in [-0.3, -0.25) is 28.8 Å². The lowest BCUT2D eigenvalue weighted by molar-refractivity contribution is -0.153. The van der Waals surface area contributed by atoms with E-state index < -0.39 is 59.1 Å². The number of rotatable bonds is 19. The van der Waals surface area contributed by atoms with Crippen LogP contribution in [0.1, 0.15) is 220 Å². The molecule has 0 aromatic heterocycles. The lowest BCUT2D eigenvalue weighted by atomic mass is 9.97. The maximum Gasteiger partial charge on any atom is 0.409 e. The van der Waals surface area contributed by atoms with Gasteiger partial charge in [-0.25, -0.2) is 4.79 Å². The number of hydrogen-bond acceptors (Lipinski definition) is 14. The number of unbranched alkanes of at least 4 members (excludes halogenated alkanes) is 10. The zero-order valence-corrected chi connectivity index (χ0v) is 42.7. The minimum atomic E-state index is -0.923. The maximum absolute atomic E-state index is 13.8. The molecular formula is C52H89NO13S. The van der Waals surface area contributed by atoms with Crippen LogP contribution in [0.2, 0.25) is 0 Å². The van der Waals surface area contributed by atoms with E-state index in [2.05, 4.69) is 13.8 Å². The highest BCUT2D eigenvalue weighted by Gasteiger charge is 2.41. The molecule has 15 heteroatoms. The van der Waals surface area contributed by atoms with E-state index in [1.54, 1.807) is 6.92 Å². The number of esters is 5. The smallest absolute Gasteiger partial charge is 0.409 e. The Morgan fingerprint density at radius 3 is 1.40 bits per heavy atom. The zero-order chi connectivity index (χ0) is 48.7. The van der Waals surface area contributed by atoms with Crippen LogP contribution >= 0.6 is 11.8 Å². The number of hydrogen-bond donors (Lipinski definition) is 0. The Morgan fingerprint density at radius 1 is 0.522 bits per heavy atom. The number of cyclic esters (lactones) is 2. The molecule has 0 saturated carbocycles. The number of carbonyl (C=O) groups excluding carboxylic acids is 7. The largest absolute Gasteiger partial charge is 0.466 e. The standard InChI is InChI=1S/C52H89NO13S/c1-4-7-9-11-22-26-30-62-46(54)34-42-35-47(55)63-32-28-24-20-18-16-14-13-15-17-19-21-25-29-33-65-49(57)37-43(36-48(56)64-31-27-23-12-10-8-5-2)39-51(59)67-45-41-53(52(60)61-6-3)40-44(45)66-50(58)38-42/h42-45H,4-41H2,1-3H3/t42?,43?,44-,45-/m0/s1. The molecule has 67 heavy (non-hydrogen) atoms. The first-order valence-corrected chi connectivity index (χ1v) is 27.4. The minimum absolute atomic E-state index is 0.0386. The van der Waals surface area contributed by atoms with Crippen LogP contribution in [0, 0.1) is 11.8 Å². The monoisotopic (exact) mass is 968 g/mol. The first-order chi connectivity index (χ1) is 32.5. The second-order valence-electron chi connectivity index (χ2n) is 18.6. The van der Waals surface area contributed by atoms with Gasteiger partial charge in [-0.15, -0.1) is 0 Å². The van der Waals surface area contributed by atoms with E-state index in [0.717, 1.165) is 127 Å². The predicted molar refractivity (Wildman–Crippen MR) is 260 cm³/mol. The molecule has 1 amide bonds. The van der Waals surface area contributed by atoms with Crippen molar-refractivity contribution in [3.63, 3.8) is 0 Å². The molecule has 0 aliphatic carbocycles. The lowest BCUT2D eigenvalue weighted by Gasteiger charge is -2.21. The summed E-state index contributed by atoms with van der Waals surface area (Å²) in [5.74, 6) is -4.10. The Bertz CT molecular complexity index is 1300. The molecule has 4 atom stereocenters. The Labute approximate surface area is 407 Å². The van der Waals surface area contributed by atoms with E-state index in [-0.39, 0.29) is 89.8 Å². The van der Waals surface area contributed by atoms with Gasteiger partial charge >= 0.3 is 35.9 Å². The van der Waals surface area contributed by atoms with Gasteiger partial charge < -0.3 is 33.3 Å². The van der Waals surface area contributed by atoms with Gasteiger partial charge in [-0.2, -0.15) is 0 Å². The number of fused-ring (bicyclic) bond motifs is 1. The van der Waals surface area contributed by atoms with E-state index in [0.29, 0.717) is 0 Å². The fraction of sp³-hybridized carbons (Fsp3) is 0.865. The second kappa shape index (κ2) is 39.5. The van der Waals surface area contributed by atoms with Crippen molar-refractivity contribution in [2.24, 2.45) is 11.8 Å². The van der Waals surface area contributed by atoms with Crippen LogP contribution in [0.3, 0.4) is 0 Å². The molecule has 14 nitrogen and oxygen atoms in total. The summed E-state index contributed by atoms with van der Waals surface area (Å²) in [4.78, 5) is 94.0. The summed E-state index contributed by atoms with van der Waals surface area (Å²) >= 11 is 0.900. The van der Waals surface area contributed by atoms with Crippen LogP contribution in [0.25, 0.3) is 0 Å². The van der Waals surface area contributed by atoms with Crippen molar-refractivity contribution in [3.8, 4) is 0 Å². The fourth-order valence-corrected chi connectivity index (χ4v) is 9.73. The molecule has 386 valence electrons. The molecule has 2 unspecified atom stereocenters. The third-order valence-corrected chi connectivity index (χ3v) is 13.6. The summed E-state index contributed by atoms with van der Waals surface area (Å²) in [6, 6.07) is 0. The normalized spacial score (nSPS) is 22.3. The van der Waals surface area contributed by atoms with Crippen LogP contribution < -0.4 is 0 Å². The van der Waals surface area contributed by atoms with E-state index in [1.807, 2.05) is 0 Å². The number of likely N-dealkylation sites (tertiary alicyclic amines) is 1. The SMILES string of the molecule is CCCCCCCCOC(=O)CC1CC(=O)OCCCCCCCCCCCCCCCOC(=O)CC(CC(=O)OCCCCCCCC)CC(=O)S[C@H]2CN(C(=O)OCC)C[C@@H]2OC(=O)C1. The van der Waals surface area contributed by atoms with Gasteiger partial charge in [0.2, 0.25) is 0 Å². The summed E-state index contributed by atoms with van der Waals surface area (Å²) in [6.07, 6.45) is 23.5. The van der Waals surface area contributed by atoms with Gasteiger partial charge in [-0.05, 0) is 44.4 Å². The molecule has 2 fully saturated rings. The quantitative estimate of drug-likeness (QED) is 0.0678. The van der Waals surface area contributed by atoms with Crippen LogP contribution in [-0.2, 0) is 57.2 Å². The maximum atomic E-state index is 13.8. The molecule has 0 bridgehead atoms. The summed E-state index contributed by atoms with van der Waals surface area (Å²) in [6.45, 7) is 7.18. The van der Waals surface area contributed by atoms with Crippen molar-refractivity contribution < 1.29 is 62.0 Å². The minimum Gasteiger partial charge on any atom is -0.466 e. The molecule has 0 aromatic carbocycles. The Morgan fingerprint density at radius 2 is 0.940 bits per heavy atom. The molecule has 0 radical (unpaired) electrons. The number of ether oxygens (including phenoxy) is 6. The second-order valence-corrected chi connectivity index (χ2v) is 19.9. The van der Waals surface area contributed by atoms with Crippen molar-refractivity contribution in [1.29, 1.82) is 0 Å². The van der Waals surface area contributed by atoms with E-state index >= 15 is 0 Å². The highest BCUT2D eigenvalue weighted by atomic mass is 32.2. The molecule has 0 N–H and O–H groups in total. The Balaban J connectivity index is 2.21. The molecule has 0 aromatic rings. The molecule has 2 aliphatic heterocycles. The van der Waals surface area contributed by atoms with Crippen LogP contribution in [0.4, 0.5) is 4.79 Å². The van der Waals surface area contributed by atoms with Gasteiger partial charge in [-0.1, -0.05) is 160 Å². The summed E-state index contributed by atoms with van der Waals surface area (Å²) in [5.41, 5.74) is 0. The molecule has 2 rings (SSSR count). The van der Waals surface area contributed by atoms with E-state index in [4.69, 9.17) is 28.4 Å². The molecular weight excluding hydrogens is 879 g/mol. The number of carbonyl (C=O) groups is 7. The highest BCUT2D eigenvalue weighted by molar-refractivity contribution is 8.14. The number of thioether (sulfide) groups is 1. The molecule has 2 heterocycles. The third-order valence-electron chi connectivity index (χ3n) is 12.4. The number of amides is 1. The van der Waals surface area contributed by atoms with Crippen molar-refractivity contribution in [1.82, 2.24) is 4.90 Å². The van der Waals surface area contributed by atoms with Gasteiger partial charge in [0, 0.05) is 45.1 Å². The van der Waals surface area contributed by atoms with Crippen LogP contribution in [0.5, 0.6) is 0 Å². The summed E-state index contributed by atoms with van der Waals surface area (Å²) in [5, 5.41) is -1.04. The van der Waals surface area contributed by atoms with Crippen molar-refractivity contribution in [2.75, 3.05) is 46.1 Å². The topological polar surface area (TPSA) is 178 Å². The van der Waals surface area contributed by atoms with Crippen LogP contribution in [-0.4, -0.2) is 103 Å². The average Bonchev–Trinajstić information content (AvgIpc) is 3.67. The van der Waals surface area contributed by atoms with Gasteiger partial charge in [0.05, 0.1) is 44.8 Å².